The summed E-state index contributed by atoms with van der Waals surface area (Å²) in [5, 5.41) is 11.6. The Morgan fingerprint density at radius 1 is 1.26 bits per heavy atom. The van der Waals surface area contributed by atoms with Crippen molar-refractivity contribution in [3.8, 4) is 11.4 Å². The average molecular weight is 280 g/mol. The van der Waals surface area contributed by atoms with Gasteiger partial charge in [0.05, 0.1) is 0 Å². The maximum atomic E-state index is 11.0. The number of aryl methyl sites for hydroxylation is 1. The molecular formula is C11H16N6OS. The van der Waals surface area contributed by atoms with Crippen LogP contribution in [0.3, 0.4) is 0 Å². The monoisotopic (exact) mass is 280 g/mol. The van der Waals surface area contributed by atoms with E-state index in [-0.39, 0.29) is 0 Å². The van der Waals surface area contributed by atoms with Crippen LogP contribution in [0.1, 0.15) is 6.42 Å². The van der Waals surface area contributed by atoms with Crippen LogP contribution in [0.25, 0.3) is 11.4 Å². The summed E-state index contributed by atoms with van der Waals surface area (Å²) in [5.41, 5.74) is 13.4. The minimum absolute atomic E-state index is 0.569. The summed E-state index contributed by atoms with van der Waals surface area (Å²) in [4.78, 5) is 0. The van der Waals surface area contributed by atoms with E-state index in [1.807, 2.05) is 0 Å². The van der Waals surface area contributed by atoms with Gasteiger partial charge < -0.3 is 11.5 Å². The van der Waals surface area contributed by atoms with E-state index >= 15 is 0 Å². The Labute approximate surface area is 113 Å². The number of anilines is 2. The Kier molecular flexibility index (Phi) is 4.10. The molecule has 1 heterocycles. The zero-order valence-corrected chi connectivity index (χ0v) is 11.4. The van der Waals surface area contributed by atoms with Gasteiger partial charge in [-0.2, -0.15) is 0 Å². The third kappa shape index (κ3) is 3.50. The van der Waals surface area contributed by atoms with Crippen LogP contribution in [0, 0.1) is 0 Å². The number of benzene rings is 1. The van der Waals surface area contributed by atoms with Gasteiger partial charge in [-0.05, 0) is 35.0 Å². The van der Waals surface area contributed by atoms with Gasteiger partial charge in [0.15, 0.2) is 5.82 Å². The molecule has 0 spiro atoms. The predicted octanol–water partition coefficient (Wildman–Crippen LogP) is 0.273. The molecule has 1 unspecified atom stereocenters. The van der Waals surface area contributed by atoms with Crippen molar-refractivity contribution in [3.05, 3.63) is 18.2 Å². The molecule has 0 aliphatic carbocycles. The summed E-state index contributed by atoms with van der Waals surface area (Å²) in [6.07, 6.45) is 2.43. The van der Waals surface area contributed by atoms with Gasteiger partial charge >= 0.3 is 0 Å². The van der Waals surface area contributed by atoms with Crippen LogP contribution in [-0.2, 0) is 17.3 Å². The van der Waals surface area contributed by atoms with E-state index in [1.54, 1.807) is 29.1 Å². The predicted molar refractivity (Wildman–Crippen MR) is 75.6 cm³/mol. The number of tetrazole rings is 1. The quantitative estimate of drug-likeness (QED) is 0.760. The molecule has 8 heteroatoms. The normalized spacial score (nSPS) is 12.5. The number of aromatic nitrogens is 4. The highest BCUT2D eigenvalue weighted by molar-refractivity contribution is 7.84. The maximum absolute atomic E-state index is 11.0. The number of hydrogen-bond donors (Lipinski definition) is 2. The Balaban J connectivity index is 2.21. The van der Waals surface area contributed by atoms with E-state index in [4.69, 9.17) is 11.5 Å². The van der Waals surface area contributed by atoms with Crippen LogP contribution < -0.4 is 11.5 Å². The number of hydrogen-bond acceptors (Lipinski definition) is 6. The third-order valence-electron chi connectivity index (χ3n) is 2.57. The molecule has 0 aliphatic rings. The molecule has 1 aromatic heterocycles. The van der Waals surface area contributed by atoms with Crippen LogP contribution in [0.4, 0.5) is 11.4 Å². The molecule has 4 N–H and O–H groups in total. The molecule has 0 bridgehead atoms. The summed E-state index contributed by atoms with van der Waals surface area (Å²) < 4.78 is 12.7. The smallest absolute Gasteiger partial charge is 0.182 e. The van der Waals surface area contributed by atoms with E-state index in [0.717, 1.165) is 12.0 Å². The van der Waals surface area contributed by atoms with Gasteiger partial charge in [0, 0.05) is 46.3 Å². The second-order valence-corrected chi connectivity index (χ2v) is 5.80. The molecule has 0 saturated carbocycles. The molecule has 2 rings (SSSR count). The first-order chi connectivity index (χ1) is 9.06. The molecule has 1 atom stereocenters. The number of nitrogens with two attached hydrogens (primary N) is 2. The first-order valence-electron chi connectivity index (χ1n) is 5.79. The van der Waals surface area contributed by atoms with E-state index in [2.05, 4.69) is 15.5 Å². The Hall–Kier alpha value is -1.96. The number of nitrogen functional groups attached to an aromatic ring is 2. The van der Waals surface area contributed by atoms with Crippen molar-refractivity contribution in [1.82, 2.24) is 20.2 Å². The van der Waals surface area contributed by atoms with Gasteiger partial charge in [0.1, 0.15) is 0 Å². The third-order valence-corrected chi connectivity index (χ3v) is 3.43. The molecule has 0 saturated heterocycles. The van der Waals surface area contributed by atoms with Crippen molar-refractivity contribution in [2.75, 3.05) is 23.5 Å². The summed E-state index contributed by atoms with van der Waals surface area (Å²) in [6, 6.07) is 5.23. The Bertz CT molecular complexity index is 576. The standard InChI is InChI=1S/C11H16N6OS/c1-19(18)4-2-3-17-11(14-15-16-17)8-5-9(12)7-10(13)6-8/h5-7H,2-4,12-13H2,1H3. The molecule has 0 aliphatic heterocycles. The highest BCUT2D eigenvalue weighted by atomic mass is 32.2. The van der Waals surface area contributed by atoms with Gasteiger partial charge in [0.25, 0.3) is 0 Å². The van der Waals surface area contributed by atoms with Crippen molar-refractivity contribution in [3.63, 3.8) is 0 Å². The lowest BCUT2D eigenvalue weighted by Gasteiger charge is -2.06. The second-order valence-electron chi connectivity index (χ2n) is 4.24. The fourth-order valence-corrected chi connectivity index (χ4v) is 2.32. The SMILES string of the molecule is CS(=O)CCCn1nnnc1-c1cc(N)cc(N)c1. The largest absolute Gasteiger partial charge is 0.399 e. The van der Waals surface area contributed by atoms with Crippen LogP contribution >= 0.6 is 0 Å². The van der Waals surface area contributed by atoms with Crippen molar-refractivity contribution >= 4 is 22.2 Å². The van der Waals surface area contributed by atoms with Gasteiger partial charge in [-0.15, -0.1) is 5.10 Å². The van der Waals surface area contributed by atoms with Crippen LogP contribution in [0.2, 0.25) is 0 Å². The molecule has 7 nitrogen and oxygen atoms in total. The fraction of sp³-hybridized carbons (Fsp3) is 0.364. The molecule has 102 valence electrons. The molecule has 1 aromatic carbocycles. The molecule has 2 aromatic rings. The van der Waals surface area contributed by atoms with Crippen molar-refractivity contribution in [2.24, 2.45) is 0 Å². The second kappa shape index (κ2) is 5.79. The molecular weight excluding hydrogens is 264 g/mol. The Morgan fingerprint density at radius 3 is 2.58 bits per heavy atom. The highest BCUT2D eigenvalue weighted by Gasteiger charge is 2.10. The minimum Gasteiger partial charge on any atom is -0.399 e. The lowest BCUT2D eigenvalue weighted by Crippen LogP contribution is -2.07. The molecule has 0 fully saturated rings. The topological polar surface area (TPSA) is 113 Å². The van der Waals surface area contributed by atoms with E-state index < -0.39 is 10.8 Å². The van der Waals surface area contributed by atoms with Crippen molar-refractivity contribution < 1.29 is 4.21 Å². The van der Waals surface area contributed by atoms with Gasteiger partial charge in [-0.25, -0.2) is 4.68 Å². The lowest BCUT2D eigenvalue weighted by molar-refractivity contribution is 0.583. The maximum Gasteiger partial charge on any atom is 0.182 e. The van der Waals surface area contributed by atoms with Crippen LogP contribution in [0.5, 0.6) is 0 Å². The van der Waals surface area contributed by atoms with Gasteiger partial charge in [-0.3, -0.25) is 4.21 Å². The van der Waals surface area contributed by atoms with Crippen molar-refractivity contribution in [2.45, 2.75) is 13.0 Å². The van der Waals surface area contributed by atoms with E-state index in [9.17, 15) is 4.21 Å². The molecule has 0 radical (unpaired) electrons. The first-order valence-corrected chi connectivity index (χ1v) is 7.51. The zero-order valence-electron chi connectivity index (χ0n) is 10.6. The zero-order chi connectivity index (χ0) is 13.8. The summed E-state index contributed by atoms with van der Waals surface area (Å²) in [6.45, 7) is 0.608. The summed E-state index contributed by atoms with van der Waals surface area (Å²) >= 11 is 0. The average Bonchev–Trinajstić information content (AvgIpc) is 2.75. The van der Waals surface area contributed by atoms with Crippen molar-refractivity contribution in [1.29, 1.82) is 0 Å². The summed E-state index contributed by atoms with van der Waals surface area (Å²) in [7, 11) is -0.807. The molecule has 19 heavy (non-hydrogen) atoms. The number of rotatable bonds is 5. The molecule has 0 amide bonds. The van der Waals surface area contributed by atoms with Crippen LogP contribution in [0.15, 0.2) is 18.2 Å². The first kappa shape index (κ1) is 13.5. The minimum atomic E-state index is -0.807. The Morgan fingerprint density at radius 2 is 1.95 bits per heavy atom. The fourth-order valence-electron chi connectivity index (χ4n) is 1.79. The van der Waals surface area contributed by atoms with Gasteiger partial charge in [-0.1, -0.05) is 0 Å². The van der Waals surface area contributed by atoms with Gasteiger partial charge in [0.2, 0.25) is 0 Å². The highest BCUT2D eigenvalue weighted by Crippen LogP contribution is 2.22. The summed E-state index contributed by atoms with van der Waals surface area (Å²) in [5.74, 6) is 1.24. The van der Waals surface area contributed by atoms with Crippen LogP contribution in [-0.4, -0.2) is 36.4 Å². The lowest BCUT2D eigenvalue weighted by atomic mass is 10.1. The van der Waals surface area contributed by atoms with E-state index in [1.165, 1.54) is 0 Å². The van der Waals surface area contributed by atoms with E-state index in [0.29, 0.717) is 29.5 Å². The number of nitrogens with zero attached hydrogens (tertiary/aromatic N) is 4.